The number of anilines is 1. The zero-order valence-electron chi connectivity index (χ0n) is 18.0. The van der Waals surface area contributed by atoms with Crippen molar-refractivity contribution in [1.82, 2.24) is 4.98 Å². The van der Waals surface area contributed by atoms with Gasteiger partial charge < -0.3 is 5.32 Å². The molecule has 1 aliphatic carbocycles. The van der Waals surface area contributed by atoms with Gasteiger partial charge in [-0.15, -0.1) is 0 Å². The molecule has 0 radical (unpaired) electrons. The molecule has 0 saturated carbocycles. The fraction of sp³-hybridized carbons (Fsp3) is 0.138. The summed E-state index contributed by atoms with van der Waals surface area (Å²) in [6, 6.07) is 29.6. The van der Waals surface area contributed by atoms with Crippen LogP contribution in [0, 0.1) is 13.8 Å². The average molecular weight is 403 g/mol. The van der Waals surface area contributed by atoms with Crippen molar-refractivity contribution < 1.29 is 0 Å². The van der Waals surface area contributed by atoms with Gasteiger partial charge in [-0.3, -0.25) is 0 Å². The summed E-state index contributed by atoms with van der Waals surface area (Å²) >= 11 is 0. The SMILES string of the molecule is Cc1cccc(NC2(c3ccc4ccccc4n3)C=CC(c3ccccc3)=CC2)c1C. The van der Waals surface area contributed by atoms with Crippen molar-refractivity contribution in [3.8, 4) is 0 Å². The van der Waals surface area contributed by atoms with Gasteiger partial charge in [-0.05, 0) is 60.7 Å². The van der Waals surface area contributed by atoms with E-state index in [1.807, 2.05) is 6.07 Å². The van der Waals surface area contributed by atoms with Crippen molar-refractivity contribution >= 4 is 22.2 Å². The number of aromatic nitrogens is 1. The Labute approximate surface area is 184 Å². The third-order valence-corrected chi connectivity index (χ3v) is 6.32. The first-order valence-electron chi connectivity index (χ1n) is 10.8. The Hall–Kier alpha value is -3.65. The van der Waals surface area contributed by atoms with E-state index in [1.54, 1.807) is 0 Å². The van der Waals surface area contributed by atoms with Gasteiger partial charge in [0.05, 0.1) is 11.2 Å². The first-order valence-corrected chi connectivity index (χ1v) is 10.8. The molecule has 5 rings (SSSR count). The molecule has 3 aromatic carbocycles. The highest BCUT2D eigenvalue weighted by Gasteiger charge is 2.33. The molecule has 2 nitrogen and oxygen atoms in total. The highest BCUT2D eigenvalue weighted by Crippen LogP contribution is 2.38. The predicted molar refractivity (Wildman–Crippen MR) is 131 cm³/mol. The van der Waals surface area contributed by atoms with Crippen molar-refractivity contribution in [1.29, 1.82) is 0 Å². The molecule has 1 atom stereocenters. The van der Waals surface area contributed by atoms with Crippen LogP contribution in [0.4, 0.5) is 5.69 Å². The lowest BCUT2D eigenvalue weighted by molar-refractivity contribution is 0.600. The van der Waals surface area contributed by atoms with Crippen molar-refractivity contribution in [3.63, 3.8) is 0 Å². The summed E-state index contributed by atoms with van der Waals surface area (Å²) in [5.41, 5.74) is 7.85. The Balaban J connectivity index is 1.60. The van der Waals surface area contributed by atoms with Gasteiger partial charge in [-0.1, -0.05) is 85.0 Å². The molecule has 0 saturated heterocycles. The van der Waals surface area contributed by atoms with Gasteiger partial charge in [0.2, 0.25) is 0 Å². The maximum atomic E-state index is 5.07. The summed E-state index contributed by atoms with van der Waals surface area (Å²) in [5.74, 6) is 0. The molecule has 0 spiro atoms. The quantitative estimate of drug-likeness (QED) is 0.390. The van der Waals surface area contributed by atoms with E-state index < -0.39 is 5.54 Å². The number of allylic oxidation sites excluding steroid dienone is 2. The topological polar surface area (TPSA) is 24.9 Å². The molecular formula is C29H26N2. The highest BCUT2D eigenvalue weighted by atomic mass is 15.0. The summed E-state index contributed by atoms with van der Waals surface area (Å²) in [4.78, 5) is 5.07. The maximum absolute atomic E-state index is 5.07. The van der Waals surface area contributed by atoms with Gasteiger partial charge in [-0.2, -0.15) is 0 Å². The molecule has 1 unspecified atom stereocenters. The number of rotatable bonds is 4. The smallest absolute Gasteiger partial charge is 0.102 e. The van der Waals surface area contributed by atoms with Crippen LogP contribution < -0.4 is 5.32 Å². The second-order valence-electron chi connectivity index (χ2n) is 8.30. The lowest BCUT2D eigenvalue weighted by atomic mass is 9.83. The van der Waals surface area contributed by atoms with E-state index in [0.29, 0.717) is 0 Å². The molecule has 1 heterocycles. The van der Waals surface area contributed by atoms with Gasteiger partial charge in [0.1, 0.15) is 5.54 Å². The Morgan fingerprint density at radius 2 is 1.61 bits per heavy atom. The van der Waals surface area contributed by atoms with Crippen LogP contribution in [0.1, 0.15) is 28.8 Å². The number of fused-ring (bicyclic) bond motifs is 1. The third-order valence-electron chi connectivity index (χ3n) is 6.32. The van der Waals surface area contributed by atoms with Crippen LogP contribution in [0.3, 0.4) is 0 Å². The van der Waals surface area contributed by atoms with Crippen LogP contribution in [-0.2, 0) is 5.54 Å². The van der Waals surface area contributed by atoms with E-state index in [0.717, 1.165) is 28.7 Å². The molecular weight excluding hydrogens is 376 g/mol. The molecule has 0 bridgehead atoms. The van der Waals surface area contributed by atoms with Gasteiger partial charge in [0.25, 0.3) is 0 Å². The Bertz CT molecular complexity index is 1300. The number of hydrogen-bond acceptors (Lipinski definition) is 2. The normalized spacial score (nSPS) is 18.1. The second kappa shape index (κ2) is 7.88. The summed E-state index contributed by atoms with van der Waals surface area (Å²) in [6.07, 6.45) is 7.67. The number of hydrogen-bond donors (Lipinski definition) is 1. The fourth-order valence-electron chi connectivity index (χ4n) is 4.27. The van der Waals surface area contributed by atoms with E-state index in [4.69, 9.17) is 4.98 Å². The summed E-state index contributed by atoms with van der Waals surface area (Å²) in [6.45, 7) is 4.34. The van der Waals surface area contributed by atoms with E-state index >= 15 is 0 Å². The molecule has 1 aromatic heterocycles. The van der Waals surface area contributed by atoms with Crippen LogP contribution in [0.15, 0.2) is 103 Å². The van der Waals surface area contributed by atoms with Gasteiger partial charge in [0.15, 0.2) is 0 Å². The Kier molecular flexibility index (Phi) is 4.91. The molecule has 2 heteroatoms. The lowest BCUT2D eigenvalue weighted by Gasteiger charge is -2.35. The Morgan fingerprint density at radius 3 is 2.42 bits per heavy atom. The highest BCUT2D eigenvalue weighted by molar-refractivity contribution is 5.80. The Morgan fingerprint density at radius 1 is 0.806 bits per heavy atom. The zero-order valence-corrected chi connectivity index (χ0v) is 18.0. The molecule has 0 aliphatic heterocycles. The first-order chi connectivity index (χ1) is 15.1. The van der Waals surface area contributed by atoms with E-state index in [-0.39, 0.29) is 0 Å². The van der Waals surface area contributed by atoms with E-state index in [9.17, 15) is 0 Å². The summed E-state index contributed by atoms with van der Waals surface area (Å²) < 4.78 is 0. The standard InChI is InChI=1S/C29H26N2/c1-21-9-8-14-26(22(21)2)31-29(28-16-15-25-12-6-7-13-27(25)30-28)19-17-24(18-20-29)23-10-4-3-5-11-23/h3-19,31H,20H2,1-2H3. The fourth-order valence-corrected chi connectivity index (χ4v) is 4.27. The number of para-hydroxylation sites is 1. The van der Waals surface area contributed by atoms with E-state index in [2.05, 4.69) is 116 Å². The van der Waals surface area contributed by atoms with Crippen molar-refractivity contribution in [2.24, 2.45) is 0 Å². The van der Waals surface area contributed by atoms with Crippen LogP contribution in [-0.4, -0.2) is 4.98 Å². The van der Waals surface area contributed by atoms with Gasteiger partial charge in [-0.25, -0.2) is 4.98 Å². The summed E-state index contributed by atoms with van der Waals surface area (Å²) in [5, 5.41) is 5.02. The number of nitrogens with one attached hydrogen (secondary N) is 1. The predicted octanol–water partition coefficient (Wildman–Crippen LogP) is 7.20. The number of aryl methyl sites for hydroxylation is 1. The molecule has 1 N–H and O–H groups in total. The van der Waals surface area contributed by atoms with Crippen molar-refractivity contribution in [2.45, 2.75) is 25.8 Å². The number of benzene rings is 3. The number of pyridine rings is 1. The van der Waals surface area contributed by atoms with Crippen LogP contribution in [0.25, 0.3) is 16.5 Å². The van der Waals surface area contributed by atoms with E-state index in [1.165, 1.54) is 22.3 Å². The monoisotopic (exact) mass is 402 g/mol. The minimum absolute atomic E-state index is 0.402. The first kappa shape index (κ1) is 19.3. The zero-order chi connectivity index (χ0) is 21.3. The van der Waals surface area contributed by atoms with Crippen molar-refractivity contribution in [2.75, 3.05) is 5.32 Å². The minimum atomic E-state index is -0.402. The largest absolute Gasteiger partial charge is 0.370 e. The molecule has 0 fully saturated rings. The minimum Gasteiger partial charge on any atom is -0.370 e. The second-order valence-corrected chi connectivity index (χ2v) is 8.30. The average Bonchev–Trinajstić information content (AvgIpc) is 2.83. The molecule has 4 aromatic rings. The van der Waals surface area contributed by atoms with Gasteiger partial charge in [0, 0.05) is 11.1 Å². The van der Waals surface area contributed by atoms with Crippen molar-refractivity contribution in [3.05, 3.63) is 126 Å². The third kappa shape index (κ3) is 3.66. The van der Waals surface area contributed by atoms with Crippen LogP contribution in [0.2, 0.25) is 0 Å². The number of nitrogens with zero attached hydrogens (tertiary/aromatic N) is 1. The molecule has 31 heavy (non-hydrogen) atoms. The molecule has 152 valence electrons. The lowest BCUT2D eigenvalue weighted by Crippen LogP contribution is -2.35. The van der Waals surface area contributed by atoms with Crippen LogP contribution >= 0.6 is 0 Å². The summed E-state index contributed by atoms with van der Waals surface area (Å²) in [7, 11) is 0. The maximum Gasteiger partial charge on any atom is 0.102 e. The van der Waals surface area contributed by atoms with Crippen LogP contribution in [0.5, 0.6) is 0 Å². The molecule has 1 aliphatic rings. The molecule has 0 amide bonds. The van der Waals surface area contributed by atoms with Gasteiger partial charge >= 0.3 is 0 Å².